The SMILES string of the molecule is Cc1csc(C(=O)O)c1NC(=O)c1cnns1. The Kier molecular flexibility index (Phi) is 3.16. The number of carbonyl (C=O) groups excluding carboxylic acids is 1. The molecule has 0 saturated carbocycles. The molecule has 0 radical (unpaired) electrons. The second kappa shape index (κ2) is 4.60. The number of nitrogens with one attached hydrogen (secondary N) is 1. The van der Waals surface area contributed by atoms with Crippen LogP contribution in [-0.2, 0) is 0 Å². The van der Waals surface area contributed by atoms with Gasteiger partial charge in [-0.25, -0.2) is 4.79 Å². The largest absolute Gasteiger partial charge is 0.477 e. The van der Waals surface area contributed by atoms with Crippen molar-refractivity contribution < 1.29 is 14.7 Å². The van der Waals surface area contributed by atoms with Crippen LogP contribution in [0.4, 0.5) is 5.69 Å². The molecule has 0 aromatic carbocycles. The monoisotopic (exact) mass is 269 g/mol. The Bertz CT molecular complexity index is 562. The number of hydrogen-bond acceptors (Lipinski definition) is 6. The first-order valence-corrected chi connectivity index (χ1v) is 6.15. The van der Waals surface area contributed by atoms with E-state index in [0.29, 0.717) is 10.6 Å². The molecule has 0 atom stereocenters. The number of nitrogens with zero attached hydrogens (tertiary/aromatic N) is 2. The number of carboxylic acid groups (broad SMARTS) is 1. The summed E-state index contributed by atoms with van der Waals surface area (Å²) in [5.41, 5.74) is 1.05. The average Bonchev–Trinajstić information content (AvgIpc) is 2.89. The number of carboxylic acids is 1. The Balaban J connectivity index is 2.27. The molecule has 2 heterocycles. The minimum atomic E-state index is -1.05. The topological polar surface area (TPSA) is 92.2 Å². The first-order valence-electron chi connectivity index (χ1n) is 4.49. The summed E-state index contributed by atoms with van der Waals surface area (Å²) in [4.78, 5) is 23.1. The van der Waals surface area contributed by atoms with Gasteiger partial charge in [0.05, 0.1) is 11.9 Å². The van der Waals surface area contributed by atoms with Crippen molar-refractivity contribution in [1.29, 1.82) is 0 Å². The Morgan fingerprint density at radius 1 is 1.47 bits per heavy atom. The van der Waals surface area contributed by atoms with Gasteiger partial charge in [-0.3, -0.25) is 4.79 Å². The average molecular weight is 269 g/mol. The van der Waals surface area contributed by atoms with E-state index in [4.69, 9.17) is 5.11 Å². The van der Waals surface area contributed by atoms with Crippen LogP contribution in [0.5, 0.6) is 0 Å². The highest BCUT2D eigenvalue weighted by atomic mass is 32.1. The van der Waals surface area contributed by atoms with Crippen molar-refractivity contribution >= 4 is 40.4 Å². The van der Waals surface area contributed by atoms with Crippen LogP contribution in [0.25, 0.3) is 0 Å². The van der Waals surface area contributed by atoms with E-state index in [1.54, 1.807) is 12.3 Å². The predicted molar refractivity (Wildman–Crippen MR) is 63.9 cm³/mol. The third kappa shape index (κ3) is 2.32. The Morgan fingerprint density at radius 2 is 2.24 bits per heavy atom. The fraction of sp³-hybridized carbons (Fsp3) is 0.111. The highest BCUT2D eigenvalue weighted by Crippen LogP contribution is 2.28. The number of aryl methyl sites for hydroxylation is 1. The second-order valence-corrected chi connectivity index (χ2v) is 4.83. The van der Waals surface area contributed by atoms with Gasteiger partial charge >= 0.3 is 5.97 Å². The molecule has 0 saturated heterocycles. The summed E-state index contributed by atoms with van der Waals surface area (Å²) in [6.07, 6.45) is 1.34. The van der Waals surface area contributed by atoms with Gasteiger partial charge in [-0.15, -0.1) is 16.4 Å². The predicted octanol–water partition coefficient (Wildman–Crippen LogP) is 1.86. The van der Waals surface area contributed by atoms with Gasteiger partial charge in [0, 0.05) is 0 Å². The lowest BCUT2D eigenvalue weighted by atomic mass is 10.2. The van der Waals surface area contributed by atoms with Gasteiger partial charge in [0.2, 0.25) is 0 Å². The minimum Gasteiger partial charge on any atom is -0.477 e. The standard InChI is InChI=1S/C9H7N3O3S2/c1-4-3-16-7(9(14)15)6(4)11-8(13)5-2-10-12-17-5/h2-3H,1H3,(H,11,13)(H,14,15). The molecule has 0 aliphatic rings. The molecule has 0 spiro atoms. The molecule has 1 amide bonds. The first kappa shape index (κ1) is 11.7. The summed E-state index contributed by atoms with van der Waals surface area (Å²) >= 11 is 2.04. The molecule has 17 heavy (non-hydrogen) atoms. The van der Waals surface area contributed by atoms with E-state index in [2.05, 4.69) is 14.9 Å². The van der Waals surface area contributed by atoms with Crippen molar-refractivity contribution in [1.82, 2.24) is 9.59 Å². The number of hydrogen-bond donors (Lipinski definition) is 2. The van der Waals surface area contributed by atoms with Crippen LogP contribution in [0.2, 0.25) is 0 Å². The summed E-state index contributed by atoms with van der Waals surface area (Å²) in [6, 6.07) is 0. The first-order chi connectivity index (χ1) is 8.09. The molecular formula is C9H7N3O3S2. The number of anilines is 1. The molecule has 88 valence electrons. The molecule has 0 bridgehead atoms. The van der Waals surface area contributed by atoms with Crippen LogP contribution in [0, 0.1) is 6.92 Å². The molecule has 2 N–H and O–H groups in total. The minimum absolute atomic E-state index is 0.119. The summed E-state index contributed by atoms with van der Waals surface area (Å²) in [7, 11) is 0. The maximum Gasteiger partial charge on any atom is 0.348 e. The lowest BCUT2D eigenvalue weighted by Gasteiger charge is -2.03. The zero-order valence-electron chi connectivity index (χ0n) is 8.63. The maximum atomic E-state index is 11.7. The molecular weight excluding hydrogens is 262 g/mol. The van der Waals surface area contributed by atoms with E-state index in [1.807, 2.05) is 0 Å². The van der Waals surface area contributed by atoms with Crippen LogP contribution < -0.4 is 5.32 Å². The van der Waals surface area contributed by atoms with E-state index >= 15 is 0 Å². The van der Waals surface area contributed by atoms with E-state index in [9.17, 15) is 9.59 Å². The van der Waals surface area contributed by atoms with Gasteiger partial charge < -0.3 is 10.4 Å². The molecule has 0 fully saturated rings. The van der Waals surface area contributed by atoms with E-state index in [1.165, 1.54) is 6.20 Å². The van der Waals surface area contributed by atoms with E-state index < -0.39 is 11.9 Å². The Morgan fingerprint density at radius 3 is 2.82 bits per heavy atom. The maximum absolute atomic E-state index is 11.7. The third-order valence-corrected chi connectivity index (χ3v) is 3.74. The van der Waals surface area contributed by atoms with Crippen molar-refractivity contribution in [2.75, 3.05) is 5.32 Å². The molecule has 0 unspecified atom stereocenters. The third-order valence-electron chi connectivity index (χ3n) is 1.99. The van der Waals surface area contributed by atoms with Gasteiger partial charge in [-0.2, -0.15) is 0 Å². The molecule has 2 aromatic rings. The van der Waals surface area contributed by atoms with Crippen molar-refractivity contribution in [2.24, 2.45) is 0 Å². The number of carbonyl (C=O) groups is 2. The van der Waals surface area contributed by atoms with Crippen LogP contribution in [0.3, 0.4) is 0 Å². The number of thiophene rings is 1. The highest BCUT2D eigenvalue weighted by molar-refractivity contribution is 7.12. The molecule has 8 heteroatoms. The van der Waals surface area contributed by atoms with Gasteiger partial charge in [0.1, 0.15) is 9.75 Å². The highest BCUT2D eigenvalue weighted by Gasteiger charge is 2.18. The number of amides is 1. The van der Waals surface area contributed by atoms with Crippen LogP contribution in [0.1, 0.15) is 24.9 Å². The van der Waals surface area contributed by atoms with Gasteiger partial charge in [-0.05, 0) is 29.4 Å². The lowest BCUT2D eigenvalue weighted by molar-refractivity contribution is 0.0703. The Hall–Kier alpha value is -1.80. The zero-order valence-corrected chi connectivity index (χ0v) is 10.3. The molecule has 2 aromatic heterocycles. The number of rotatable bonds is 3. The van der Waals surface area contributed by atoms with Crippen LogP contribution in [-0.4, -0.2) is 26.6 Å². The second-order valence-electron chi connectivity index (χ2n) is 3.16. The molecule has 0 aliphatic carbocycles. The van der Waals surface area contributed by atoms with Gasteiger partial charge in [-0.1, -0.05) is 4.49 Å². The molecule has 6 nitrogen and oxygen atoms in total. The van der Waals surface area contributed by atoms with Gasteiger partial charge in [0.15, 0.2) is 0 Å². The summed E-state index contributed by atoms with van der Waals surface area (Å²) in [5, 5.41) is 16.8. The van der Waals surface area contributed by atoms with Crippen molar-refractivity contribution in [3.63, 3.8) is 0 Å². The fourth-order valence-electron chi connectivity index (χ4n) is 1.20. The lowest BCUT2D eigenvalue weighted by Crippen LogP contribution is -2.12. The van der Waals surface area contributed by atoms with Gasteiger partial charge in [0.25, 0.3) is 5.91 Å². The van der Waals surface area contributed by atoms with Crippen molar-refractivity contribution in [3.8, 4) is 0 Å². The zero-order chi connectivity index (χ0) is 12.4. The fourth-order valence-corrected chi connectivity index (χ4v) is 2.45. The van der Waals surface area contributed by atoms with Crippen molar-refractivity contribution in [3.05, 3.63) is 26.9 Å². The van der Waals surface area contributed by atoms with Crippen LogP contribution in [0.15, 0.2) is 11.6 Å². The van der Waals surface area contributed by atoms with E-state index in [-0.39, 0.29) is 4.88 Å². The van der Waals surface area contributed by atoms with Crippen molar-refractivity contribution in [2.45, 2.75) is 6.92 Å². The summed E-state index contributed by atoms with van der Waals surface area (Å²) in [5.74, 6) is -1.45. The molecule has 2 rings (SSSR count). The molecule has 0 aliphatic heterocycles. The summed E-state index contributed by atoms with van der Waals surface area (Å²) in [6.45, 7) is 1.74. The van der Waals surface area contributed by atoms with Crippen LogP contribution >= 0.6 is 22.9 Å². The smallest absolute Gasteiger partial charge is 0.348 e. The van der Waals surface area contributed by atoms with E-state index in [0.717, 1.165) is 28.4 Å². The Labute approximate surface area is 104 Å². The normalized spacial score (nSPS) is 10.2. The number of aromatic carboxylic acids is 1. The number of aromatic nitrogens is 2. The summed E-state index contributed by atoms with van der Waals surface area (Å²) < 4.78 is 3.57. The quantitative estimate of drug-likeness (QED) is 0.887.